The predicted octanol–water partition coefficient (Wildman–Crippen LogP) is 5.74. The Labute approximate surface area is 214 Å². The number of sulfone groups is 1. The summed E-state index contributed by atoms with van der Waals surface area (Å²) in [5.74, 6) is 1.22. The third-order valence-electron chi connectivity index (χ3n) is 5.28. The molecule has 0 amide bonds. The highest BCUT2D eigenvalue weighted by atomic mass is 35.5. The number of halogens is 2. The molecular formula is C24H24Cl2N2O4S2. The molecule has 0 aliphatic rings. The van der Waals surface area contributed by atoms with Gasteiger partial charge in [0.1, 0.15) is 25.0 Å². The minimum Gasteiger partial charge on any atom is -0.489 e. The van der Waals surface area contributed by atoms with Gasteiger partial charge in [0.2, 0.25) is 0 Å². The van der Waals surface area contributed by atoms with E-state index in [0.29, 0.717) is 38.5 Å². The topological polar surface area (TPSA) is 89.3 Å². The maximum atomic E-state index is 11.6. The normalized spacial score (nSPS) is 11.8. The number of ether oxygens (including phenoxy) is 2. The van der Waals surface area contributed by atoms with Gasteiger partial charge in [0.05, 0.1) is 33.4 Å². The van der Waals surface area contributed by atoms with Crippen LogP contribution in [0.15, 0.2) is 41.9 Å². The third kappa shape index (κ3) is 6.42. The Morgan fingerprint density at radius 2 is 1.85 bits per heavy atom. The van der Waals surface area contributed by atoms with Gasteiger partial charge in [-0.05, 0) is 35.4 Å². The predicted molar refractivity (Wildman–Crippen MR) is 136 cm³/mol. The largest absolute Gasteiger partial charge is 0.489 e. The van der Waals surface area contributed by atoms with Crippen LogP contribution in [0.1, 0.15) is 41.1 Å². The number of hydrogen-bond donors (Lipinski definition) is 0. The minimum atomic E-state index is -3.15. The summed E-state index contributed by atoms with van der Waals surface area (Å²) in [5, 5.41) is 9.94. The summed E-state index contributed by atoms with van der Waals surface area (Å²) in [6.45, 7) is 4.53. The third-order valence-corrected chi connectivity index (χ3v) is 7.59. The lowest BCUT2D eigenvalue weighted by Crippen LogP contribution is -2.19. The van der Waals surface area contributed by atoms with Crippen LogP contribution in [0.4, 0.5) is 0 Å². The van der Waals surface area contributed by atoms with Crippen LogP contribution in [-0.2, 0) is 27.6 Å². The summed E-state index contributed by atoms with van der Waals surface area (Å²) in [5.41, 5.74) is 4.02. The van der Waals surface area contributed by atoms with Crippen molar-refractivity contribution in [1.82, 2.24) is 4.98 Å². The maximum absolute atomic E-state index is 11.6. The molecule has 1 aromatic heterocycles. The average molecular weight is 540 g/mol. The summed E-state index contributed by atoms with van der Waals surface area (Å²) in [6, 6.07) is 13.3. The summed E-state index contributed by atoms with van der Waals surface area (Å²) >= 11 is 13.4. The van der Waals surface area contributed by atoms with E-state index in [9.17, 15) is 13.7 Å². The first kappa shape index (κ1) is 26.3. The highest BCUT2D eigenvalue weighted by Gasteiger charge is 2.26. The van der Waals surface area contributed by atoms with Crippen LogP contribution in [0.3, 0.4) is 0 Å². The number of rotatable bonds is 10. The van der Waals surface area contributed by atoms with Crippen molar-refractivity contribution in [2.75, 3.05) is 18.7 Å². The van der Waals surface area contributed by atoms with Gasteiger partial charge in [-0.15, -0.1) is 22.9 Å². The number of nitriles is 1. The van der Waals surface area contributed by atoms with Crippen molar-refractivity contribution in [1.29, 1.82) is 5.26 Å². The van der Waals surface area contributed by atoms with Crippen LogP contribution in [0.25, 0.3) is 0 Å². The second-order valence-electron chi connectivity index (χ2n) is 8.21. The van der Waals surface area contributed by atoms with Gasteiger partial charge in [-0.25, -0.2) is 13.4 Å². The first-order valence-corrected chi connectivity index (χ1v) is 14.2. The monoisotopic (exact) mass is 538 g/mol. The lowest BCUT2D eigenvalue weighted by molar-refractivity contribution is 0.301. The Morgan fingerprint density at radius 3 is 2.47 bits per heavy atom. The first-order valence-electron chi connectivity index (χ1n) is 10.3. The molecule has 34 heavy (non-hydrogen) atoms. The lowest BCUT2D eigenvalue weighted by atomic mass is 9.77. The number of alkyl halides is 1. The molecule has 0 bridgehead atoms. The van der Waals surface area contributed by atoms with E-state index in [0.717, 1.165) is 11.1 Å². The molecule has 0 fully saturated rings. The smallest absolute Gasteiger partial charge is 0.155 e. The molecule has 0 atom stereocenters. The first-order chi connectivity index (χ1) is 16.0. The number of hydrogen-bond acceptors (Lipinski definition) is 7. The van der Waals surface area contributed by atoms with Gasteiger partial charge >= 0.3 is 0 Å². The zero-order valence-corrected chi connectivity index (χ0v) is 22.1. The van der Waals surface area contributed by atoms with Crippen LogP contribution < -0.4 is 9.47 Å². The standard InChI is InChI=1S/C24H24Cl2N2O4S2/c1-24(2,18-10-16(12-27)23(20(26)11-18)31-9-8-25)17-4-6-19(7-5-17)32-13-21-22(33-15-28-21)14-34(3,29)30/h4-7,10-11,15H,8-9,13-14H2,1-3H3. The number of nitrogens with zero attached hydrogens (tertiary/aromatic N) is 2. The van der Waals surface area contributed by atoms with Gasteiger partial charge in [-0.1, -0.05) is 37.6 Å². The SMILES string of the molecule is CC(C)(c1ccc(OCc2ncsc2CS(C)(=O)=O)cc1)c1cc(Cl)c(OCCCl)c(C#N)c1. The van der Waals surface area contributed by atoms with Crippen molar-refractivity contribution in [3.63, 3.8) is 0 Å². The Morgan fingerprint density at radius 1 is 1.15 bits per heavy atom. The zero-order chi connectivity index (χ0) is 24.9. The van der Waals surface area contributed by atoms with Crippen LogP contribution in [0.2, 0.25) is 5.02 Å². The summed E-state index contributed by atoms with van der Waals surface area (Å²) < 4.78 is 34.6. The maximum Gasteiger partial charge on any atom is 0.155 e. The minimum absolute atomic E-state index is 0.0492. The molecule has 180 valence electrons. The molecule has 6 nitrogen and oxygen atoms in total. The molecule has 3 aromatic rings. The molecule has 2 aromatic carbocycles. The van der Waals surface area contributed by atoms with E-state index in [1.165, 1.54) is 17.6 Å². The molecule has 10 heteroatoms. The van der Waals surface area contributed by atoms with Crippen LogP contribution in [-0.4, -0.2) is 32.1 Å². The zero-order valence-electron chi connectivity index (χ0n) is 19.0. The molecule has 0 radical (unpaired) electrons. The summed E-state index contributed by atoms with van der Waals surface area (Å²) in [4.78, 5) is 4.92. The van der Waals surface area contributed by atoms with Gasteiger partial charge in [-0.3, -0.25) is 0 Å². The second kappa shape index (κ2) is 11.0. The Kier molecular flexibility index (Phi) is 8.47. The van der Waals surface area contributed by atoms with Crippen molar-refractivity contribution in [2.24, 2.45) is 0 Å². The van der Waals surface area contributed by atoms with Gasteiger partial charge < -0.3 is 9.47 Å². The number of aromatic nitrogens is 1. The van der Waals surface area contributed by atoms with E-state index >= 15 is 0 Å². The Bertz CT molecular complexity index is 1300. The van der Waals surface area contributed by atoms with E-state index in [4.69, 9.17) is 32.7 Å². The van der Waals surface area contributed by atoms with Crippen LogP contribution in [0.5, 0.6) is 11.5 Å². The molecule has 0 unspecified atom stereocenters. The molecule has 0 spiro atoms. The summed E-state index contributed by atoms with van der Waals surface area (Å²) in [7, 11) is -3.15. The van der Waals surface area contributed by atoms with Crippen molar-refractivity contribution in [3.8, 4) is 17.6 Å². The van der Waals surface area contributed by atoms with Gasteiger partial charge in [0.25, 0.3) is 0 Å². The van der Waals surface area contributed by atoms with E-state index in [-0.39, 0.29) is 19.0 Å². The average Bonchev–Trinajstić information content (AvgIpc) is 3.21. The molecule has 1 heterocycles. The molecule has 3 rings (SSSR count). The summed E-state index contributed by atoms with van der Waals surface area (Å²) in [6.07, 6.45) is 1.20. The molecule has 0 saturated carbocycles. The quantitative estimate of drug-likeness (QED) is 0.306. The van der Waals surface area contributed by atoms with Crippen LogP contribution >= 0.6 is 34.5 Å². The van der Waals surface area contributed by atoms with Crippen molar-refractivity contribution >= 4 is 44.4 Å². The number of thiazole rings is 1. The fraction of sp³-hybridized carbons (Fsp3) is 0.333. The Balaban J connectivity index is 1.77. The van der Waals surface area contributed by atoms with Crippen molar-refractivity contribution in [3.05, 3.63) is 74.2 Å². The van der Waals surface area contributed by atoms with E-state index in [2.05, 4.69) is 11.1 Å². The van der Waals surface area contributed by atoms with Crippen LogP contribution in [0, 0.1) is 11.3 Å². The van der Waals surface area contributed by atoms with Crippen molar-refractivity contribution < 1.29 is 17.9 Å². The molecular weight excluding hydrogens is 515 g/mol. The number of benzene rings is 2. The van der Waals surface area contributed by atoms with Gasteiger partial charge in [-0.2, -0.15) is 5.26 Å². The second-order valence-corrected chi connectivity index (χ2v) is 12.1. The Hall–Kier alpha value is -2.31. The molecule has 0 aliphatic heterocycles. The van der Waals surface area contributed by atoms with E-state index < -0.39 is 15.3 Å². The molecule has 0 N–H and O–H groups in total. The molecule has 0 saturated heterocycles. The highest BCUT2D eigenvalue weighted by Crippen LogP contribution is 2.38. The fourth-order valence-electron chi connectivity index (χ4n) is 3.38. The van der Waals surface area contributed by atoms with Crippen molar-refractivity contribution in [2.45, 2.75) is 31.6 Å². The van der Waals surface area contributed by atoms with Gasteiger partial charge in [0.15, 0.2) is 15.6 Å². The highest BCUT2D eigenvalue weighted by molar-refractivity contribution is 7.90. The van der Waals surface area contributed by atoms with E-state index in [1.54, 1.807) is 11.6 Å². The fourth-order valence-corrected chi connectivity index (χ4v) is 5.84. The van der Waals surface area contributed by atoms with Gasteiger partial charge in [0, 0.05) is 16.5 Å². The lowest BCUT2D eigenvalue weighted by Gasteiger charge is -2.27. The molecule has 0 aliphatic carbocycles. The van der Waals surface area contributed by atoms with E-state index in [1.807, 2.05) is 44.2 Å².